The number of carbonyl (C=O) groups is 2. The molecule has 2 heterocycles. The maximum atomic E-state index is 12.5. The van der Waals surface area contributed by atoms with Crippen LogP contribution in [0.25, 0.3) is 0 Å². The summed E-state index contributed by atoms with van der Waals surface area (Å²) in [6, 6.07) is 7.48. The van der Waals surface area contributed by atoms with E-state index in [0.29, 0.717) is 12.0 Å². The van der Waals surface area contributed by atoms with Crippen LogP contribution in [0.1, 0.15) is 29.6 Å². The molecule has 118 valence electrons. The van der Waals surface area contributed by atoms with Crippen molar-refractivity contribution in [3.05, 3.63) is 29.8 Å². The van der Waals surface area contributed by atoms with E-state index in [1.165, 1.54) is 0 Å². The summed E-state index contributed by atoms with van der Waals surface area (Å²) in [6.45, 7) is 4.19. The van der Waals surface area contributed by atoms with Gasteiger partial charge in [-0.15, -0.1) is 0 Å². The topological polar surface area (TPSA) is 43.9 Å². The molecule has 0 spiro atoms. The van der Waals surface area contributed by atoms with Gasteiger partial charge in [0.05, 0.1) is 0 Å². The third-order valence-corrected chi connectivity index (χ3v) is 4.54. The van der Waals surface area contributed by atoms with Crippen molar-refractivity contribution in [2.24, 2.45) is 0 Å². The highest BCUT2D eigenvalue weighted by Crippen LogP contribution is 2.21. The van der Waals surface area contributed by atoms with Gasteiger partial charge in [-0.1, -0.05) is 0 Å². The van der Waals surface area contributed by atoms with Crippen LogP contribution < -0.4 is 4.90 Å². The van der Waals surface area contributed by atoms with Crippen LogP contribution in [0.3, 0.4) is 0 Å². The number of rotatable bonds is 2. The van der Waals surface area contributed by atoms with E-state index in [1.807, 2.05) is 34.1 Å². The van der Waals surface area contributed by atoms with E-state index in [-0.39, 0.29) is 11.8 Å². The maximum Gasteiger partial charge on any atom is 0.253 e. The summed E-state index contributed by atoms with van der Waals surface area (Å²) >= 11 is 0. The fourth-order valence-electron chi connectivity index (χ4n) is 3.05. The van der Waals surface area contributed by atoms with Crippen molar-refractivity contribution in [2.45, 2.75) is 19.3 Å². The average Bonchev–Trinajstić information content (AvgIpc) is 2.56. The van der Waals surface area contributed by atoms with Gasteiger partial charge in [-0.2, -0.15) is 0 Å². The van der Waals surface area contributed by atoms with Crippen LogP contribution in [0.15, 0.2) is 24.3 Å². The zero-order valence-electron chi connectivity index (χ0n) is 13.1. The molecule has 2 aliphatic rings. The molecule has 0 unspecified atom stereocenters. The molecule has 0 aromatic heterocycles. The molecule has 5 heteroatoms. The molecule has 0 N–H and O–H groups in total. The fraction of sp³-hybridized carbons (Fsp3) is 0.529. The van der Waals surface area contributed by atoms with Crippen molar-refractivity contribution in [2.75, 3.05) is 44.7 Å². The predicted octanol–water partition coefficient (Wildman–Crippen LogP) is 1.59. The molecule has 2 fully saturated rings. The van der Waals surface area contributed by atoms with Crippen molar-refractivity contribution in [3.63, 3.8) is 0 Å². The number of likely N-dealkylation sites (N-methyl/N-ethyl adjacent to an activating group) is 1. The van der Waals surface area contributed by atoms with E-state index in [0.717, 1.165) is 51.3 Å². The van der Waals surface area contributed by atoms with E-state index in [2.05, 4.69) is 11.9 Å². The van der Waals surface area contributed by atoms with Gasteiger partial charge in [-0.25, -0.2) is 0 Å². The summed E-state index contributed by atoms with van der Waals surface area (Å²) in [5.74, 6) is 0.272. The Hall–Kier alpha value is -1.88. The highest BCUT2D eigenvalue weighted by Gasteiger charge is 2.22. The Bertz CT molecular complexity index is 548. The summed E-state index contributed by atoms with van der Waals surface area (Å²) in [5, 5.41) is 0. The first-order chi connectivity index (χ1) is 10.6. The molecule has 2 aliphatic heterocycles. The van der Waals surface area contributed by atoms with Gasteiger partial charge in [-0.3, -0.25) is 9.59 Å². The highest BCUT2D eigenvalue weighted by molar-refractivity contribution is 5.97. The first-order valence-corrected chi connectivity index (χ1v) is 8.03. The maximum absolute atomic E-state index is 12.5. The van der Waals surface area contributed by atoms with E-state index >= 15 is 0 Å². The fourth-order valence-corrected chi connectivity index (χ4v) is 3.05. The van der Waals surface area contributed by atoms with Crippen LogP contribution in [0.2, 0.25) is 0 Å². The lowest BCUT2D eigenvalue weighted by atomic mass is 10.1. The van der Waals surface area contributed by atoms with Crippen LogP contribution in [0.4, 0.5) is 5.69 Å². The van der Waals surface area contributed by atoms with Gasteiger partial charge < -0.3 is 14.7 Å². The molecule has 0 bridgehead atoms. The molecular weight excluding hydrogens is 278 g/mol. The zero-order valence-corrected chi connectivity index (χ0v) is 13.1. The molecule has 1 aromatic carbocycles. The second kappa shape index (κ2) is 6.48. The normalized spacial score (nSPS) is 20.3. The predicted molar refractivity (Wildman–Crippen MR) is 86.0 cm³/mol. The van der Waals surface area contributed by atoms with Gasteiger partial charge in [0.2, 0.25) is 5.91 Å². The Morgan fingerprint density at radius 1 is 0.955 bits per heavy atom. The molecule has 0 atom stereocenters. The molecule has 1 aromatic rings. The number of amides is 2. The number of hydrogen-bond acceptors (Lipinski definition) is 3. The van der Waals surface area contributed by atoms with Gasteiger partial charge in [0.1, 0.15) is 0 Å². The molecule has 0 saturated carbocycles. The second-order valence-electron chi connectivity index (χ2n) is 6.14. The van der Waals surface area contributed by atoms with E-state index in [1.54, 1.807) is 0 Å². The quantitative estimate of drug-likeness (QED) is 0.833. The number of nitrogens with zero attached hydrogens (tertiary/aromatic N) is 3. The van der Waals surface area contributed by atoms with Crippen LogP contribution in [-0.4, -0.2) is 61.4 Å². The molecule has 2 amide bonds. The summed E-state index contributed by atoms with van der Waals surface area (Å²) in [4.78, 5) is 30.4. The molecule has 0 radical (unpaired) electrons. The summed E-state index contributed by atoms with van der Waals surface area (Å²) in [5.41, 5.74) is 1.61. The van der Waals surface area contributed by atoms with Gasteiger partial charge >= 0.3 is 0 Å². The Labute approximate surface area is 131 Å². The Balaban J connectivity index is 1.68. The molecule has 22 heavy (non-hydrogen) atoms. The average molecular weight is 301 g/mol. The van der Waals surface area contributed by atoms with Crippen LogP contribution >= 0.6 is 0 Å². The van der Waals surface area contributed by atoms with Gasteiger partial charge in [0, 0.05) is 50.4 Å². The zero-order chi connectivity index (χ0) is 15.5. The van der Waals surface area contributed by atoms with Crippen molar-refractivity contribution in [3.8, 4) is 0 Å². The molecule has 3 rings (SSSR count). The van der Waals surface area contributed by atoms with E-state index in [4.69, 9.17) is 0 Å². The summed E-state index contributed by atoms with van der Waals surface area (Å²) < 4.78 is 0. The first-order valence-electron chi connectivity index (χ1n) is 8.03. The first kappa shape index (κ1) is 15.0. The number of carbonyl (C=O) groups excluding carboxylic acids is 2. The minimum absolute atomic E-state index is 0.0876. The second-order valence-corrected chi connectivity index (χ2v) is 6.14. The largest absolute Gasteiger partial charge is 0.336 e. The number of benzene rings is 1. The lowest BCUT2D eigenvalue weighted by molar-refractivity contribution is -0.119. The van der Waals surface area contributed by atoms with Crippen molar-refractivity contribution in [1.29, 1.82) is 0 Å². The minimum atomic E-state index is 0.0876. The van der Waals surface area contributed by atoms with Crippen LogP contribution in [-0.2, 0) is 4.79 Å². The highest BCUT2D eigenvalue weighted by atomic mass is 16.2. The number of piperidine rings is 1. The van der Waals surface area contributed by atoms with E-state index in [9.17, 15) is 9.59 Å². The lowest BCUT2D eigenvalue weighted by Gasteiger charge is -2.32. The standard InChI is InChI=1S/C17H23N3O2/c1-18-10-12-19(13-11-18)17(22)14-5-7-15(8-6-14)20-9-3-2-4-16(20)21/h5-8H,2-4,9-13H2,1H3. The Morgan fingerprint density at radius 3 is 2.27 bits per heavy atom. The van der Waals surface area contributed by atoms with Gasteiger partial charge in [-0.05, 0) is 44.2 Å². The summed E-state index contributed by atoms with van der Waals surface area (Å²) in [6.07, 6.45) is 2.66. The SMILES string of the molecule is CN1CCN(C(=O)c2ccc(N3CCCCC3=O)cc2)CC1. The smallest absolute Gasteiger partial charge is 0.253 e. The molecule has 5 nitrogen and oxygen atoms in total. The van der Waals surface area contributed by atoms with Gasteiger partial charge in [0.15, 0.2) is 0 Å². The van der Waals surface area contributed by atoms with Crippen molar-refractivity contribution < 1.29 is 9.59 Å². The summed E-state index contributed by atoms with van der Waals surface area (Å²) in [7, 11) is 2.08. The number of hydrogen-bond donors (Lipinski definition) is 0. The minimum Gasteiger partial charge on any atom is -0.336 e. The number of anilines is 1. The Kier molecular flexibility index (Phi) is 4.43. The van der Waals surface area contributed by atoms with Crippen LogP contribution in [0, 0.1) is 0 Å². The third-order valence-electron chi connectivity index (χ3n) is 4.54. The Morgan fingerprint density at radius 2 is 1.64 bits per heavy atom. The molecular formula is C17H23N3O2. The van der Waals surface area contributed by atoms with E-state index < -0.39 is 0 Å². The van der Waals surface area contributed by atoms with Crippen molar-refractivity contribution >= 4 is 17.5 Å². The monoisotopic (exact) mass is 301 g/mol. The third kappa shape index (κ3) is 3.14. The molecule has 2 saturated heterocycles. The lowest BCUT2D eigenvalue weighted by Crippen LogP contribution is -2.47. The van der Waals surface area contributed by atoms with Crippen molar-refractivity contribution in [1.82, 2.24) is 9.80 Å². The van der Waals surface area contributed by atoms with Gasteiger partial charge in [0.25, 0.3) is 5.91 Å². The van der Waals surface area contributed by atoms with Crippen LogP contribution in [0.5, 0.6) is 0 Å². The number of piperazine rings is 1. The molecule has 0 aliphatic carbocycles.